The highest BCUT2D eigenvalue weighted by atomic mass is 16.7. The molecule has 0 aromatic heterocycles. The fourth-order valence-electron chi connectivity index (χ4n) is 2.94. The van der Waals surface area contributed by atoms with E-state index in [0.29, 0.717) is 31.5 Å². The molecule has 1 spiro atoms. The number of likely N-dealkylation sites (N-methyl/N-ethyl adjacent to an activating group) is 1. The van der Waals surface area contributed by atoms with Gasteiger partial charge in [0.1, 0.15) is 0 Å². The molecule has 2 atom stereocenters. The van der Waals surface area contributed by atoms with Gasteiger partial charge in [0, 0.05) is 25.3 Å². The number of hydrogen-bond acceptors (Lipinski definition) is 4. The predicted octanol–water partition coefficient (Wildman–Crippen LogP) is 0.165. The summed E-state index contributed by atoms with van der Waals surface area (Å²) in [6.07, 6.45) is 2.25. The number of carbonyl (C=O) groups is 1. The molecular weight excluding hydrogens is 182 g/mol. The van der Waals surface area contributed by atoms with Crippen molar-refractivity contribution in [2.45, 2.75) is 37.1 Å². The Morgan fingerprint density at radius 1 is 1.36 bits per heavy atom. The lowest BCUT2D eigenvalue weighted by Crippen LogP contribution is -2.50. The molecular formula is C10H15NO3. The van der Waals surface area contributed by atoms with E-state index < -0.39 is 5.79 Å². The van der Waals surface area contributed by atoms with E-state index in [1.807, 2.05) is 7.05 Å². The SMILES string of the molecule is CN1C2CC(=O)C1CC1(C2)OCCO1. The lowest BCUT2D eigenvalue weighted by Gasteiger charge is -2.40. The summed E-state index contributed by atoms with van der Waals surface area (Å²) in [5.74, 6) is -0.0675. The monoisotopic (exact) mass is 197 g/mol. The van der Waals surface area contributed by atoms with Crippen LogP contribution in [0.5, 0.6) is 0 Å². The van der Waals surface area contributed by atoms with Gasteiger partial charge in [-0.25, -0.2) is 0 Å². The Kier molecular flexibility index (Phi) is 1.75. The Morgan fingerprint density at radius 3 is 2.71 bits per heavy atom. The number of ketones is 1. The molecule has 3 aliphatic rings. The molecule has 2 unspecified atom stereocenters. The van der Waals surface area contributed by atoms with Crippen molar-refractivity contribution in [3.8, 4) is 0 Å². The van der Waals surface area contributed by atoms with E-state index in [-0.39, 0.29) is 6.04 Å². The van der Waals surface area contributed by atoms with Gasteiger partial charge in [-0.3, -0.25) is 9.69 Å². The van der Waals surface area contributed by atoms with Gasteiger partial charge in [-0.05, 0) is 7.05 Å². The van der Waals surface area contributed by atoms with Crippen molar-refractivity contribution in [3.05, 3.63) is 0 Å². The van der Waals surface area contributed by atoms with Crippen LogP contribution in [-0.4, -0.2) is 48.8 Å². The first-order valence-corrected chi connectivity index (χ1v) is 5.23. The number of hydrogen-bond donors (Lipinski definition) is 0. The van der Waals surface area contributed by atoms with E-state index in [2.05, 4.69) is 4.90 Å². The van der Waals surface area contributed by atoms with Gasteiger partial charge in [-0.15, -0.1) is 0 Å². The first-order chi connectivity index (χ1) is 6.70. The van der Waals surface area contributed by atoms with E-state index in [0.717, 1.165) is 12.8 Å². The molecule has 0 amide bonds. The van der Waals surface area contributed by atoms with Crippen LogP contribution in [0.1, 0.15) is 19.3 Å². The van der Waals surface area contributed by atoms with Gasteiger partial charge in [0.05, 0.1) is 19.3 Å². The van der Waals surface area contributed by atoms with Gasteiger partial charge >= 0.3 is 0 Å². The number of fused-ring (bicyclic) bond motifs is 2. The zero-order chi connectivity index (χ0) is 9.76. The van der Waals surface area contributed by atoms with Crippen LogP contribution in [0, 0.1) is 0 Å². The fourth-order valence-corrected chi connectivity index (χ4v) is 2.94. The average molecular weight is 197 g/mol. The molecule has 0 aromatic rings. The minimum atomic E-state index is -0.423. The minimum Gasteiger partial charge on any atom is -0.347 e. The van der Waals surface area contributed by atoms with Crippen LogP contribution in [-0.2, 0) is 14.3 Å². The summed E-state index contributed by atoms with van der Waals surface area (Å²) in [6, 6.07) is 0.367. The Bertz CT molecular complexity index is 273. The van der Waals surface area contributed by atoms with Crippen molar-refractivity contribution in [1.29, 1.82) is 0 Å². The van der Waals surface area contributed by atoms with Crippen LogP contribution in [0.4, 0.5) is 0 Å². The molecule has 3 aliphatic heterocycles. The van der Waals surface area contributed by atoms with E-state index >= 15 is 0 Å². The standard InChI is InChI=1S/C10H15NO3/c1-11-7-4-9(12)8(11)6-10(5-7)13-2-3-14-10/h7-8H,2-6H2,1H3. The predicted molar refractivity (Wildman–Crippen MR) is 48.8 cm³/mol. The topological polar surface area (TPSA) is 38.8 Å². The summed E-state index contributed by atoms with van der Waals surface area (Å²) in [7, 11) is 2.03. The Labute approximate surface area is 83.2 Å². The number of Topliss-reactive ketones (excluding diaryl/α,β-unsaturated/α-hetero) is 1. The highest BCUT2D eigenvalue weighted by Gasteiger charge is 2.53. The van der Waals surface area contributed by atoms with E-state index in [9.17, 15) is 4.79 Å². The molecule has 78 valence electrons. The molecule has 0 N–H and O–H groups in total. The van der Waals surface area contributed by atoms with Crippen LogP contribution >= 0.6 is 0 Å². The zero-order valence-corrected chi connectivity index (χ0v) is 8.36. The third kappa shape index (κ3) is 1.08. The Hall–Kier alpha value is -0.450. The van der Waals surface area contributed by atoms with Crippen LogP contribution < -0.4 is 0 Å². The summed E-state index contributed by atoms with van der Waals surface area (Å²) in [6.45, 7) is 1.36. The summed E-state index contributed by atoms with van der Waals surface area (Å²) < 4.78 is 11.3. The summed E-state index contributed by atoms with van der Waals surface area (Å²) in [5, 5.41) is 0. The first kappa shape index (κ1) is 8.83. The van der Waals surface area contributed by atoms with Gasteiger partial charge in [-0.2, -0.15) is 0 Å². The molecule has 4 nitrogen and oxygen atoms in total. The van der Waals surface area contributed by atoms with Crippen molar-refractivity contribution in [2.24, 2.45) is 0 Å². The molecule has 3 heterocycles. The second-order valence-corrected chi connectivity index (χ2v) is 4.52. The average Bonchev–Trinajstić information content (AvgIpc) is 2.63. The van der Waals surface area contributed by atoms with Crippen LogP contribution in [0.25, 0.3) is 0 Å². The third-order valence-corrected chi connectivity index (χ3v) is 3.74. The van der Waals surface area contributed by atoms with E-state index in [1.54, 1.807) is 0 Å². The Morgan fingerprint density at radius 2 is 2.07 bits per heavy atom. The lowest BCUT2D eigenvalue weighted by molar-refractivity contribution is -0.197. The molecule has 4 heteroatoms. The quantitative estimate of drug-likeness (QED) is 0.554. The highest BCUT2D eigenvalue weighted by molar-refractivity contribution is 5.87. The van der Waals surface area contributed by atoms with Crippen molar-refractivity contribution in [2.75, 3.05) is 20.3 Å². The number of carbonyl (C=O) groups excluding carboxylic acids is 1. The minimum absolute atomic E-state index is 0.0341. The third-order valence-electron chi connectivity index (χ3n) is 3.74. The zero-order valence-electron chi connectivity index (χ0n) is 8.36. The number of piperidine rings is 1. The molecule has 0 saturated carbocycles. The van der Waals surface area contributed by atoms with E-state index in [4.69, 9.17) is 9.47 Å². The van der Waals surface area contributed by atoms with Gasteiger partial charge in [-0.1, -0.05) is 0 Å². The molecule has 0 radical (unpaired) electrons. The van der Waals surface area contributed by atoms with Crippen LogP contribution in [0.3, 0.4) is 0 Å². The smallest absolute Gasteiger partial charge is 0.171 e. The maximum Gasteiger partial charge on any atom is 0.171 e. The van der Waals surface area contributed by atoms with Gasteiger partial charge in [0.15, 0.2) is 11.6 Å². The van der Waals surface area contributed by atoms with Crippen molar-refractivity contribution < 1.29 is 14.3 Å². The molecule has 3 rings (SSSR count). The number of ether oxygens (including phenoxy) is 2. The second-order valence-electron chi connectivity index (χ2n) is 4.52. The van der Waals surface area contributed by atoms with Gasteiger partial charge < -0.3 is 9.47 Å². The second kappa shape index (κ2) is 2.78. The largest absolute Gasteiger partial charge is 0.347 e. The molecule has 0 aliphatic carbocycles. The summed E-state index contributed by atoms with van der Waals surface area (Å²) in [4.78, 5) is 13.8. The molecule has 0 aromatic carbocycles. The van der Waals surface area contributed by atoms with Crippen LogP contribution in [0.2, 0.25) is 0 Å². The summed E-state index contributed by atoms with van der Waals surface area (Å²) in [5.41, 5.74) is 0. The van der Waals surface area contributed by atoms with E-state index in [1.165, 1.54) is 0 Å². The fraction of sp³-hybridized carbons (Fsp3) is 0.900. The maximum absolute atomic E-state index is 11.7. The Balaban J connectivity index is 1.87. The van der Waals surface area contributed by atoms with Gasteiger partial charge in [0.25, 0.3) is 0 Å². The van der Waals surface area contributed by atoms with Crippen molar-refractivity contribution in [1.82, 2.24) is 4.90 Å². The molecule has 3 fully saturated rings. The highest BCUT2D eigenvalue weighted by Crippen LogP contribution is 2.42. The number of nitrogens with zero attached hydrogens (tertiary/aromatic N) is 1. The normalized spacial score (nSPS) is 41.1. The van der Waals surface area contributed by atoms with Gasteiger partial charge in [0.2, 0.25) is 0 Å². The molecule has 3 saturated heterocycles. The van der Waals surface area contributed by atoms with Crippen LogP contribution in [0.15, 0.2) is 0 Å². The summed E-state index contributed by atoms with van der Waals surface area (Å²) >= 11 is 0. The maximum atomic E-state index is 11.7. The molecule has 14 heavy (non-hydrogen) atoms. The molecule has 2 bridgehead atoms. The van der Waals surface area contributed by atoms with Crippen molar-refractivity contribution >= 4 is 5.78 Å². The first-order valence-electron chi connectivity index (χ1n) is 5.23. The lowest BCUT2D eigenvalue weighted by atomic mass is 9.96. The number of rotatable bonds is 0. The van der Waals surface area contributed by atoms with Crippen molar-refractivity contribution in [3.63, 3.8) is 0 Å².